The van der Waals surface area contributed by atoms with Crippen LogP contribution in [-0.4, -0.2) is 53.7 Å². The fourth-order valence-corrected chi connectivity index (χ4v) is 3.46. The number of likely N-dealkylation sites (N-methyl/N-ethyl adjacent to an activating group) is 1. The maximum absolute atomic E-state index is 12.1. The number of aliphatic carboxylic acids is 1. The zero-order valence-electron chi connectivity index (χ0n) is 12.8. The number of likely N-dealkylation sites (tertiary alicyclic amines) is 1. The van der Waals surface area contributed by atoms with E-state index in [0.717, 1.165) is 51.7 Å². The number of nitrogens with zero attached hydrogens (tertiary/aromatic N) is 1. The van der Waals surface area contributed by atoms with Crippen molar-refractivity contribution in [3.05, 3.63) is 0 Å². The summed E-state index contributed by atoms with van der Waals surface area (Å²) in [4.78, 5) is 25.7. The first-order chi connectivity index (χ1) is 10.1. The van der Waals surface area contributed by atoms with Crippen molar-refractivity contribution < 1.29 is 14.7 Å². The molecule has 0 aromatic rings. The van der Waals surface area contributed by atoms with Gasteiger partial charge in [-0.05, 0) is 38.8 Å². The SMILES string of the molecule is CCN1CCCC(NC(=O)NC2CCCCC2C(=O)O)C1. The van der Waals surface area contributed by atoms with Crippen LogP contribution in [-0.2, 0) is 4.79 Å². The predicted octanol–water partition coefficient (Wildman–Crippen LogP) is 1.41. The van der Waals surface area contributed by atoms with Gasteiger partial charge in [-0.15, -0.1) is 0 Å². The van der Waals surface area contributed by atoms with Gasteiger partial charge in [0.05, 0.1) is 5.92 Å². The second-order valence-corrected chi connectivity index (χ2v) is 6.19. The van der Waals surface area contributed by atoms with Gasteiger partial charge in [-0.25, -0.2) is 4.79 Å². The van der Waals surface area contributed by atoms with Crippen LogP contribution in [0.5, 0.6) is 0 Å². The van der Waals surface area contributed by atoms with E-state index in [1.54, 1.807) is 0 Å². The molecule has 21 heavy (non-hydrogen) atoms. The molecule has 3 N–H and O–H groups in total. The standard InChI is InChI=1S/C15H27N3O3/c1-2-18-9-5-6-11(10-18)16-15(21)17-13-8-4-3-7-12(13)14(19)20/h11-13H,2-10H2,1H3,(H,19,20)(H2,16,17,21). The molecule has 6 heteroatoms. The molecule has 0 aromatic heterocycles. The molecule has 0 radical (unpaired) electrons. The predicted molar refractivity (Wildman–Crippen MR) is 80.2 cm³/mol. The number of hydrogen-bond acceptors (Lipinski definition) is 3. The minimum Gasteiger partial charge on any atom is -0.481 e. The van der Waals surface area contributed by atoms with Crippen LogP contribution in [0.4, 0.5) is 4.79 Å². The third-order valence-electron chi connectivity index (χ3n) is 4.69. The van der Waals surface area contributed by atoms with Crippen molar-refractivity contribution in [1.29, 1.82) is 0 Å². The molecule has 3 unspecified atom stereocenters. The van der Waals surface area contributed by atoms with Gasteiger partial charge in [0.1, 0.15) is 0 Å². The Bertz CT molecular complexity index is 375. The molecule has 1 aliphatic carbocycles. The number of rotatable bonds is 4. The highest BCUT2D eigenvalue weighted by Gasteiger charge is 2.32. The quantitative estimate of drug-likeness (QED) is 0.733. The molecule has 2 amide bonds. The van der Waals surface area contributed by atoms with Gasteiger partial charge >= 0.3 is 12.0 Å². The van der Waals surface area contributed by atoms with E-state index in [1.165, 1.54) is 0 Å². The first kappa shape index (κ1) is 16.1. The van der Waals surface area contributed by atoms with Gasteiger partial charge in [0.25, 0.3) is 0 Å². The van der Waals surface area contributed by atoms with Crippen molar-refractivity contribution in [2.24, 2.45) is 5.92 Å². The van der Waals surface area contributed by atoms with E-state index in [0.29, 0.717) is 6.42 Å². The second-order valence-electron chi connectivity index (χ2n) is 6.19. The molecule has 0 bridgehead atoms. The lowest BCUT2D eigenvalue weighted by Gasteiger charge is -2.34. The minimum atomic E-state index is -0.796. The van der Waals surface area contributed by atoms with Crippen LogP contribution in [0.15, 0.2) is 0 Å². The number of hydrogen-bond donors (Lipinski definition) is 3. The van der Waals surface area contributed by atoms with Crippen LogP contribution < -0.4 is 10.6 Å². The van der Waals surface area contributed by atoms with E-state index in [4.69, 9.17) is 0 Å². The van der Waals surface area contributed by atoms with Crippen LogP contribution in [0.1, 0.15) is 45.4 Å². The maximum atomic E-state index is 12.1. The third kappa shape index (κ3) is 4.59. The van der Waals surface area contributed by atoms with Gasteiger partial charge in [-0.3, -0.25) is 4.79 Å². The summed E-state index contributed by atoms with van der Waals surface area (Å²) < 4.78 is 0. The molecule has 2 rings (SSSR count). The van der Waals surface area contributed by atoms with Crippen molar-refractivity contribution in [2.75, 3.05) is 19.6 Å². The largest absolute Gasteiger partial charge is 0.481 e. The molecule has 1 saturated carbocycles. The molecule has 1 aliphatic heterocycles. The summed E-state index contributed by atoms with van der Waals surface area (Å²) in [5.41, 5.74) is 0. The van der Waals surface area contributed by atoms with Crippen molar-refractivity contribution in [3.63, 3.8) is 0 Å². The maximum Gasteiger partial charge on any atom is 0.315 e. The highest BCUT2D eigenvalue weighted by molar-refractivity contribution is 5.77. The molecule has 1 heterocycles. The van der Waals surface area contributed by atoms with Crippen LogP contribution in [0.3, 0.4) is 0 Å². The van der Waals surface area contributed by atoms with Crippen molar-refractivity contribution in [2.45, 2.75) is 57.5 Å². The van der Waals surface area contributed by atoms with Crippen molar-refractivity contribution >= 4 is 12.0 Å². The van der Waals surface area contributed by atoms with Gasteiger partial charge in [-0.1, -0.05) is 19.8 Å². The summed E-state index contributed by atoms with van der Waals surface area (Å²) in [6.45, 7) is 5.11. The molecule has 1 saturated heterocycles. The van der Waals surface area contributed by atoms with Gasteiger partial charge in [0.2, 0.25) is 0 Å². The highest BCUT2D eigenvalue weighted by atomic mass is 16.4. The number of carboxylic acids is 1. The third-order valence-corrected chi connectivity index (χ3v) is 4.69. The van der Waals surface area contributed by atoms with Crippen LogP contribution in [0.25, 0.3) is 0 Å². The lowest BCUT2D eigenvalue weighted by molar-refractivity contribution is -0.143. The summed E-state index contributed by atoms with van der Waals surface area (Å²) in [7, 11) is 0. The average molecular weight is 297 g/mol. The Hall–Kier alpha value is -1.30. The van der Waals surface area contributed by atoms with Crippen LogP contribution >= 0.6 is 0 Å². The summed E-state index contributed by atoms with van der Waals surface area (Å²) in [5, 5.41) is 15.1. The van der Waals surface area contributed by atoms with Crippen LogP contribution in [0, 0.1) is 5.92 Å². The zero-order chi connectivity index (χ0) is 15.2. The second kappa shape index (κ2) is 7.64. The number of carbonyl (C=O) groups excluding carboxylic acids is 1. The van der Waals surface area contributed by atoms with Gasteiger partial charge < -0.3 is 20.6 Å². The van der Waals surface area contributed by atoms with E-state index in [9.17, 15) is 14.7 Å². The minimum absolute atomic E-state index is 0.172. The zero-order valence-corrected chi connectivity index (χ0v) is 12.8. The molecule has 3 atom stereocenters. The first-order valence-electron chi connectivity index (χ1n) is 8.12. The monoisotopic (exact) mass is 297 g/mol. The van der Waals surface area contributed by atoms with Crippen molar-refractivity contribution in [3.8, 4) is 0 Å². The summed E-state index contributed by atoms with van der Waals surface area (Å²) in [5.74, 6) is -1.24. The molecular formula is C15H27N3O3. The Kier molecular flexibility index (Phi) is 5.85. The lowest BCUT2D eigenvalue weighted by atomic mass is 9.84. The van der Waals surface area contributed by atoms with Crippen molar-refractivity contribution in [1.82, 2.24) is 15.5 Å². The van der Waals surface area contributed by atoms with Gasteiger partial charge in [0, 0.05) is 18.6 Å². The summed E-state index contributed by atoms with van der Waals surface area (Å²) in [6.07, 6.45) is 5.44. The molecule has 0 aromatic carbocycles. The Morgan fingerprint density at radius 3 is 2.62 bits per heavy atom. The normalized spacial score (nSPS) is 30.6. The molecular weight excluding hydrogens is 270 g/mol. The Morgan fingerprint density at radius 2 is 1.90 bits per heavy atom. The number of carbonyl (C=O) groups is 2. The smallest absolute Gasteiger partial charge is 0.315 e. The Labute approximate surface area is 126 Å². The molecule has 120 valence electrons. The fourth-order valence-electron chi connectivity index (χ4n) is 3.46. The topological polar surface area (TPSA) is 81.7 Å². The number of carboxylic acid groups (broad SMARTS) is 1. The number of amides is 2. The average Bonchev–Trinajstić information content (AvgIpc) is 2.47. The fraction of sp³-hybridized carbons (Fsp3) is 0.867. The van der Waals surface area contributed by atoms with E-state index >= 15 is 0 Å². The lowest BCUT2D eigenvalue weighted by Crippen LogP contribution is -2.54. The summed E-state index contributed by atoms with van der Waals surface area (Å²) >= 11 is 0. The van der Waals surface area contributed by atoms with E-state index < -0.39 is 11.9 Å². The number of urea groups is 1. The first-order valence-corrected chi connectivity index (χ1v) is 8.12. The number of piperidine rings is 1. The molecule has 2 aliphatic rings. The van der Waals surface area contributed by atoms with Gasteiger partial charge in [-0.2, -0.15) is 0 Å². The number of nitrogens with one attached hydrogen (secondary N) is 2. The van der Waals surface area contributed by atoms with Gasteiger partial charge in [0.15, 0.2) is 0 Å². The molecule has 0 spiro atoms. The highest BCUT2D eigenvalue weighted by Crippen LogP contribution is 2.24. The van der Waals surface area contributed by atoms with E-state index in [1.807, 2.05) is 0 Å². The van der Waals surface area contributed by atoms with E-state index in [2.05, 4.69) is 22.5 Å². The van der Waals surface area contributed by atoms with Crippen LogP contribution in [0.2, 0.25) is 0 Å². The summed E-state index contributed by atoms with van der Waals surface area (Å²) in [6, 6.07) is -0.274. The van der Waals surface area contributed by atoms with E-state index in [-0.39, 0.29) is 18.1 Å². The Balaban J connectivity index is 1.81. The Morgan fingerprint density at radius 1 is 1.14 bits per heavy atom. The molecule has 6 nitrogen and oxygen atoms in total. The molecule has 2 fully saturated rings.